The number of alkyl halides is 1. The van der Waals surface area contributed by atoms with Gasteiger partial charge < -0.3 is 10.4 Å². The van der Waals surface area contributed by atoms with Crippen LogP contribution >= 0.6 is 11.6 Å². The number of rotatable bonds is 1. The zero-order valence-corrected chi connectivity index (χ0v) is 15.7. The Kier molecular flexibility index (Phi) is 3.31. The number of aliphatic hydroxyl groups is 1. The normalized spacial score (nSPS) is 42.4. The van der Waals surface area contributed by atoms with Gasteiger partial charge in [-0.2, -0.15) is 0 Å². The van der Waals surface area contributed by atoms with E-state index in [2.05, 4.69) is 19.2 Å². The number of hydrogen-bond donors (Lipinski definition) is 2. The summed E-state index contributed by atoms with van der Waals surface area (Å²) < 4.78 is 0. The van der Waals surface area contributed by atoms with Crippen molar-refractivity contribution < 1.29 is 14.7 Å². The van der Waals surface area contributed by atoms with Crippen LogP contribution in [0.1, 0.15) is 39.7 Å². The number of hydrogen-bond acceptors (Lipinski definition) is 3. The number of fused-ring (bicyclic) bond motifs is 4. The number of carbonyl (C=O) groups excluding carboxylic acids is 2. The van der Waals surface area contributed by atoms with E-state index in [1.54, 1.807) is 13.8 Å². The first-order valence-electron chi connectivity index (χ1n) is 8.88. The van der Waals surface area contributed by atoms with Crippen LogP contribution in [0.25, 0.3) is 0 Å². The van der Waals surface area contributed by atoms with Crippen LogP contribution in [0.4, 0.5) is 5.69 Å². The zero-order chi connectivity index (χ0) is 18.4. The second-order valence-electron chi connectivity index (χ2n) is 8.64. The van der Waals surface area contributed by atoms with Crippen LogP contribution in [0, 0.1) is 22.7 Å². The first-order chi connectivity index (χ1) is 11.6. The predicted octanol–water partition coefficient (Wildman–Crippen LogP) is 3.12. The maximum Gasteiger partial charge on any atom is 0.236 e. The van der Waals surface area contributed by atoms with Gasteiger partial charge in [-0.25, -0.2) is 0 Å². The monoisotopic (exact) mass is 361 g/mol. The highest BCUT2D eigenvalue weighted by Crippen LogP contribution is 2.73. The average molecular weight is 362 g/mol. The first-order valence-corrected chi connectivity index (χ1v) is 9.32. The molecular weight excluding hydrogens is 338 g/mol. The number of para-hydroxylation sites is 1. The summed E-state index contributed by atoms with van der Waals surface area (Å²) in [6.07, 6.45) is -0.229. The van der Waals surface area contributed by atoms with Crippen LogP contribution in [-0.4, -0.2) is 28.3 Å². The molecule has 1 spiro atoms. The second-order valence-corrected chi connectivity index (χ2v) is 9.17. The molecule has 0 saturated heterocycles. The van der Waals surface area contributed by atoms with Gasteiger partial charge in [-0.3, -0.25) is 9.59 Å². The van der Waals surface area contributed by atoms with Gasteiger partial charge in [0.15, 0.2) is 0 Å². The van der Waals surface area contributed by atoms with E-state index in [9.17, 15) is 14.7 Å². The Balaban J connectivity index is 1.92. The van der Waals surface area contributed by atoms with E-state index in [1.165, 1.54) is 0 Å². The third kappa shape index (κ3) is 1.64. The van der Waals surface area contributed by atoms with Gasteiger partial charge in [-0.05, 0) is 43.2 Å². The Labute approximate surface area is 152 Å². The lowest BCUT2D eigenvalue weighted by atomic mass is 9.33. The molecule has 1 aliphatic heterocycles. The maximum atomic E-state index is 13.5. The minimum absolute atomic E-state index is 0.0335. The van der Waals surface area contributed by atoms with E-state index in [4.69, 9.17) is 11.6 Å². The molecule has 0 radical (unpaired) electrons. The number of nitrogens with one attached hydrogen (secondary N) is 1. The maximum absolute atomic E-state index is 13.5. The molecule has 2 N–H and O–H groups in total. The molecule has 2 fully saturated rings. The van der Waals surface area contributed by atoms with Crippen molar-refractivity contribution in [1.82, 2.24) is 0 Å². The van der Waals surface area contributed by atoms with E-state index < -0.39 is 28.2 Å². The molecule has 1 aromatic carbocycles. The van der Waals surface area contributed by atoms with E-state index in [1.807, 2.05) is 24.3 Å². The Morgan fingerprint density at radius 3 is 2.52 bits per heavy atom. The van der Waals surface area contributed by atoms with Crippen LogP contribution in [0.2, 0.25) is 0 Å². The van der Waals surface area contributed by atoms with E-state index in [0.29, 0.717) is 6.42 Å². The molecule has 4 rings (SSSR count). The standard InChI is InChI=1S/C20H24ClNO3/c1-10(23)19(4)14(21)9-12-15(16(19)24)20(18(12,2)3)11-7-5-6-8-13(11)22-17(20)25/h5-8,10,12,14-15,23H,9H2,1-4H3,(H,22,25)/t10-,12+,14-,15+,19-,20-/m1/s1. The molecule has 2 aliphatic carbocycles. The lowest BCUT2D eigenvalue weighted by molar-refractivity contribution is -0.192. The van der Waals surface area contributed by atoms with Crippen molar-refractivity contribution in [2.24, 2.45) is 22.7 Å². The van der Waals surface area contributed by atoms with Crippen molar-refractivity contribution in [3.8, 4) is 0 Å². The van der Waals surface area contributed by atoms with Gasteiger partial charge in [0.25, 0.3) is 0 Å². The Morgan fingerprint density at radius 2 is 1.88 bits per heavy atom. The lowest BCUT2D eigenvalue weighted by Crippen LogP contribution is -2.76. The van der Waals surface area contributed by atoms with Crippen molar-refractivity contribution in [3.05, 3.63) is 29.8 Å². The summed E-state index contributed by atoms with van der Waals surface area (Å²) in [4.78, 5) is 26.7. The molecule has 25 heavy (non-hydrogen) atoms. The molecule has 1 amide bonds. The molecule has 3 aliphatic rings. The number of amides is 1. The van der Waals surface area contributed by atoms with Crippen molar-refractivity contribution in [3.63, 3.8) is 0 Å². The third-order valence-electron chi connectivity index (χ3n) is 7.56. The van der Waals surface area contributed by atoms with Gasteiger partial charge in [-0.1, -0.05) is 32.0 Å². The molecule has 1 aromatic rings. The van der Waals surface area contributed by atoms with Crippen LogP contribution in [-0.2, 0) is 15.0 Å². The molecule has 4 nitrogen and oxygen atoms in total. The van der Waals surface area contributed by atoms with Crippen molar-refractivity contribution in [1.29, 1.82) is 0 Å². The van der Waals surface area contributed by atoms with Crippen molar-refractivity contribution in [2.75, 3.05) is 5.32 Å². The summed E-state index contributed by atoms with van der Waals surface area (Å²) in [5.41, 5.74) is -0.598. The number of Topliss-reactive ketones (excluding diaryl/α,β-unsaturated/α-hetero) is 1. The van der Waals surface area contributed by atoms with Crippen molar-refractivity contribution in [2.45, 2.75) is 51.0 Å². The third-order valence-corrected chi connectivity index (χ3v) is 8.19. The molecule has 0 bridgehead atoms. The number of aliphatic hydroxyl groups excluding tert-OH is 1. The fourth-order valence-corrected chi connectivity index (χ4v) is 6.26. The molecule has 134 valence electrons. The minimum Gasteiger partial charge on any atom is -0.392 e. The number of benzene rings is 1. The highest BCUT2D eigenvalue weighted by molar-refractivity contribution is 6.24. The summed E-state index contributed by atoms with van der Waals surface area (Å²) in [5.74, 6) is -0.592. The van der Waals surface area contributed by atoms with Gasteiger partial charge in [-0.15, -0.1) is 11.6 Å². The van der Waals surface area contributed by atoms with E-state index >= 15 is 0 Å². The van der Waals surface area contributed by atoms with Gasteiger partial charge in [0.2, 0.25) is 5.91 Å². The molecule has 1 heterocycles. The highest BCUT2D eigenvalue weighted by atomic mass is 35.5. The highest BCUT2D eigenvalue weighted by Gasteiger charge is 2.79. The molecule has 0 aromatic heterocycles. The number of carbonyl (C=O) groups is 2. The number of anilines is 1. The summed E-state index contributed by atoms with van der Waals surface area (Å²) in [5, 5.41) is 12.9. The van der Waals surface area contributed by atoms with Crippen LogP contribution in [0.5, 0.6) is 0 Å². The number of ketones is 1. The number of halogens is 1. The van der Waals surface area contributed by atoms with Gasteiger partial charge in [0.1, 0.15) is 5.78 Å². The summed E-state index contributed by atoms with van der Waals surface area (Å²) in [6.45, 7) is 7.49. The molecule has 5 heteroatoms. The van der Waals surface area contributed by atoms with Gasteiger partial charge in [0, 0.05) is 17.0 Å². The SMILES string of the molecule is C[C@@H](O)[C@@]1(C)C(=O)[C@@H]2[C@H](C[C@H]1Cl)C(C)(C)[C@@]21C(=O)Nc2ccccc21. The minimum atomic E-state index is -1.04. The van der Waals surface area contributed by atoms with E-state index in [-0.39, 0.29) is 23.0 Å². The Morgan fingerprint density at radius 1 is 1.24 bits per heavy atom. The smallest absolute Gasteiger partial charge is 0.236 e. The van der Waals surface area contributed by atoms with Gasteiger partial charge >= 0.3 is 0 Å². The summed E-state index contributed by atoms with van der Waals surface area (Å²) in [6, 6.07) is 7.64. The van der Waals surface area contributed by atoms with E-state index in [0.717, 1.165) is 11.3 Å². The summed E-state index contributed by atoms with van der Waals surface area (Å²) in [7, 11) is 0. The topological polar surface area (TPSA) is 66.4 Å². The first kappa shape index (κ1) is 17.0. The largest absolute Gasteiger partial charge is 0.392 e. The van der Waals surface area contributed by atoms with Crippen molar-refractivity contribution >= 4 is 29.0 Å². The Hall–Kier alpha value is -1.39. The van der Waals surface area contributed by atoms with Crippen LogP contribution < -0.4 is 5.32 Å². The quantitative estimate of drug-likeness (QED) is 0.755. The summed E-state index contributed by atoms with van der Waals surface area (Å²) >= 11 is 6.59. The zero-order valence-electron chi connectivity index (χ0n) is 15.0. The molecule has 6 atom stereocenters. The fraction of sp³-hybridized carbons (Fsp3) is 0.600. The second kappa shape index (κ2) is 4.86. The lowest BCUT2D eigenvalue weighted by Gasteiger charge is -2.68. The van der Waals surface area contributed by atoms with Crippen LogP contribution in [0.15, 0.2) is 24.3 Å². The Bertz CT molecular complexity index is 789. The predicted molar refractivity (Wildman–Crippen MR) is 96.6 cm³/mol. The average Bonchev–Trinajstić information content (AvgIpc) is 2.86. The van der Waals surface area contributed by atoms with Crippen LogP contribution in [0.3, 0.4) is 0 Å². The fourth-order valence-electron chi connectivity index (χ4n) is 5.78. The molecule has 0 unspecified atom stereocenters. The molecule has 2 saturated carbocycles. The van der Waals surface area contributed by atoms with Gasteiger partial charge in [0.05, 0.1) is 16.9 Å². The molecular formula is C20H24ClNO3.